The molecule has 1 unspecified atom stereocenters. The molecule has 0 saturated heterocycles. The van der Waals surface area contributed by atoms with E-state index in [1.165, 1.54) is 0 Å². The van der Waals surface area contributed by atoms with E-state index in [0.717, 1.165) is 6.08 Å². The van der Waals surface area contributed by atoms with E-state index in [1.807, 2.05) is 0 Å². The summed E-state index contributed by atoms with van der Waals surface area (Å²) in [6.07, 6.45) is 1.12. The van der Waals surface area contributed by atoms with Crippen LogP contribution in [0.3, 0.4) is 0 Å². The van der Waals surface area contributed by atoms with Gasteiger partial charge in [0, 0.05) is 6.54 Å². The highest BCUT2D eigenvalue weighted by atomic mass is 32.2. The Morgan fingerprint density at radius 2 is 2.31 bits per heavy atom. The molecule has 1 amide bonds. The first-order chi connectivity index (χ1) is 5.87. The summed E-state index contributed by atoms with van der Waals surface area (Å²) in [7, 11) is 0. The molecule has 0 aliphatic heterocycles. The first-order valence-electron chi connectivity index (χ1n) is 3.58. The van der Waals surface area contributed by atoms with E-state index in [4.69, 9.17) is 4.55 Å². The molecule has 0 aromatic heterocycles. The van der Waals surface area contributed by atoms with E-state index < -0.39 is 17.0 Å². The Morgan fingerprint density at radius 1 is 1.77 bits per heavy atom. The Labute approximate surface area is 79.7 Å². The SMILES string of the molecule is C=CC(=O)NCC(C)(C)OS(=O)O. The standard InChI is InChI=1S/C7H13NO4S/c1-4-6(9)8-5-7(2,3)12-13(10)11/h4H,1,5H2,2-3H3,(H,8,9)(H,10,11). The zero-order valence-corrected chi connectivity index (χ0v) is 8.39. The average molecular weight is 207 g/mol. The van der Waals surface area contributed by atoms with Crippen molar-refractivity contribution in [1.29, 1.82) is 0 Å². The Kier molecular flexibility index (Phi) is 4.82. The Morgan fingerprint density at radius 3 is 2.69 bits per heavy atom. The summed E-state index contributed by atoms with van der Waals surface area (Å²) in [6, 6.07) is 0. The van der Waals surface area contributed by atoms with Gasteiger partial charge in [0.25, 0.3) is 0 Å². The van der Waals surface area contributed by atoms with Gasteiger partial charge in [-0.05, 0) is 19.9 Å². The summed E-state index contributed by atoms with van der Waals surface area (Å²) in [6.45, 7) is 6.58. The first-order valence-corrected chi connectivity index (χ1v) is 4.61. The summed E-state index contributed by atoms with van der Waals surface area (Å²) in [5.41, 5.74) is -0.877. The molecular weight excluding hydrogens is 194 g/mol. The lowest BCUT2D eigenvalue weighted by atomic mass is 10.1. The van der Waals surface area contributed by atoms with E-state index >= 15 is 0 Å². The molecule has 76 valence electrons. The minimum absolute atomic E-state index is 0.143. The second-order valence-electron chi connectivity index (χ2n) is 2.98. The number of amides is 1. The molecule has 0 rings (SSSR count). The molecule has 0 aromatic carbocycles. The Balaban J connectivity index is 3.95. The molecule has 0 aliphatic rings. The van der Waals surface area contributed by atoms with E-state index in [0.29, 0.717) is 0 Å². The smallest absolute Gasteiger partial charge is 0.302 e. The predicted octanol–water partition coefficient (Wildman–Crippen LogP) is 0.221. The fourth-order valence-corrected chi connectivity index (χ4v) is 1.04. The van der Waals surface area contributed by atoms with Crippen molar-refractivity contribution in [2.24, 2.45) is 0 Å². The van der Waals surface area contributed by atoms with Crippen LogP contribution in [0.1, 0.15) is 13.8 Å². The molecule has 6 heteroatoms. The van der Waals surface area contributed by atoms with Crippen LogP contribution in [0.25, 0.3) is 0 Å². The van der Waals surface area contributed by atoms with Crippen LogP contribution in [-0.4, -0.2) is 26.8 Å². The van der Waals surface area contributed by atoms with Gasteiger partial charge >= 0.3 is 11.4 Å². The molecule has 0 heterocycles. The lowest BCUT2D eigenvalue weighted by Crippen LogP contribution is -2.40. The molecule has 0 aromatic rings. The summed E-state index contributed by atoms with van der Waals surface area (Å²) in [4.78, 5) is 10.7. The van der Waals surface area contributed by atoms with Gasteiger partial charge in [-0.25, -0.2) is 0 Å². The molecule has 0 spiro atoms. The first kappa shape index (κ1) is 12.3. The van der Waals surface area contributed by atoms with Crippen molar-refractivity contribution in [1.82, 2.24) is 5.32 Å². The minimum atomic E-state index is -2.33. The number of carbonyl (C=O) groups excluding carboxylic acids is 1. The number of rotatable bonds is 5. The number of hydrogen-bond acceptors (Lipinski definition) is 3. The highest BCUT2D eigenvalue weighted by Crippen LogP contribution is 2.08. The normalized spacial score (nSPS) is 13.5. The van der Waals surface area contributed by atoms with Crippen molar-refractivity contribution < 1.29 is 17.7 Å². The maximum atomic E-state index is 10.7. The van der Waals surface area contributed by atoms with Gasteiger partial charge in [0.1, 0.15) is 0 Å². The van der Waals surface area contributed by atoms with Crippen LogP contribution in [0.15, 0.2) is 12.7 Å². The van der Waals surface area contributed by atoms with Gasteiger partial charge in [-0.15, -0.1) is 0 Å². The van der Waals surface area contributed by atoms with E-state index in [9.17, 15) is 9.00 Å². The van der Waals surface area contributed by atoms with Gasteiger partial charge in [0.2, 0.25) is 5.91 Å². The average Bonchev–Trinajstić information content (AvgIpc) is 1.98. The summed E-state index contributed by atoms with van der Waals surface area (Å²) in [5.74, 6) is -0.347. The summed E-state index contributed by atoms with van der Waals surface area (Å²) >= 11 is -2.33. The van der Waals surface area contributed by atoms with E-state index in [1.54, 1.807) is 13.8 Å². The van der Waals surface area contributed by atoms with Crippen LogP contribution in [-0.2, 0) is 20.3 Å². The molecule has 2 N–H and O–H groups in total. The van der Waals surface area contributed by atoms with Crippen molar-refractivity contribution >= 4 is 17.3 Å². The van der Waals surface area contributed by atoms with E-state index in [-0.39, 0.29) is 12.5 Å². The lowest BCUT2D eigenvalue weighted by Gasteiger charge is -2.21. The van der Waals surface area contributed by atoms with Crippen molar-refractivity contribution in [2.45, 2.75) is 19.4 Å². The Hall–Kier alpha value is -0.720. The highest BCUT2D eigenvalue weighted by Gasteiger charge is 2.21. The van der Waals surface area contributed by atoms with Crippen LogP contribution >= 0.6 is 0 Å². The molecule has 0 bridgehead atoms. The van der Waals surface area contributed by atoms with Crippen molar-refractivity contribution in [3.05, 3.63) is 12.7 Å². The third-order valence-electron chi connectivity index (χ3n) is 1.17. The molecule has 1 atom stereocenters. The van der Waals surface area contributed by atoms with Crippen LogP contribution in [0.4, 0.5) is 0 Å². The van der Waals surface area contributed by atoms with Crippen LogP contribution < -0.4 is 5.32 Å². The molecule has 0 saturated carbocycles. The maximum absolute atomic E-state index is 10.7. The third kappa shape index (κ3) is 6.44. The molecule has 0 aliphatic carbocycles. The van der Waals surface area contributed by atoms with Gasteiger partial charge in [0.05, 0.1) is 5.60 Å². The molecule has 5 nitrogen and oxygen atoms in total. The maximum Gasteiger partial charge on any atom is 0.302 e. The number of carbonyl (C=O) groups is 1. The quantitative estimate of drug-likeness (QED) is 0.499. The molecular formula is C7H13NO4S. The third-order valence-corrected chi connectivity index (χ3v) is 1.76. The fourth-order valence-electron chi connectivity index (χ4n) is 0.595. The zero-order valence-electron chi connectivity index (χ0n) is 7.57. The Bertz CT molecular complexity index is 227. The van der Waals surface area contributed by atoms with Gasteiger partial charge in [-0.3, -0.25) is 13.5 Å². The van der Waals surface area contributed by atoms with Crippen molar-refractivity contribution in [3.8, 4) is 0 Å². The van der Waals surface area contributed by atoms with Crippen LogP contribution in [0, 0.1) is 0 Å². The van der Waals surface area contributed by atoms with Gasteiger partial charge in [0.15, 0.2) is 0 Å². The minimum Gasteiger partial charge on any atom is -0.350 e. The van der Waals surface area contributed by atoms with Gasteiger partial charge in [-0.2, -0.15) is 4.21 Å². The second-order valence-corrected chi connectivity index (χ2v) is 3.58. The summed E-state index contributed by atoms with van der Waals surface area (Å²) in [5, 5.41) is 2.45. The molecule has 0 radical (unpaired) electrons. The van der Waals surface area contributed by atoms with Crippen molar-refractivity contribution in [3.63, 3.8) is 0 Å². The fraction of sp³-hybridized carbons (Fsp3) is 0.571. The number of hydrogen-bond donors (Lipinski definition) is 2. The monoisotopic (exact) mass is 207 g/mol. The molecule has 0 fully saturated rings. The van der Waals surface area contributed by atoms with Gasteiger partial charge < -0.3 is 5.32 Å². The zero-order chi connectivity index (χ0) is 10.5. The highest BCUT2D eigenvalue weighted by molar-refractivity contribution is 7.74. The number of nitrogens with one attached hydrogen (secondary N) is 1. The summed E-state index contributed by atoms with van der Waals surface area (Å²) < 4.78 is 23.3. The van der Waals surface area contributed by atoms with Crippen molar-refractivity contribution in [2.75, 3.05) is 6.54 Å². The second kappa shape index (κ2) is 5.11. The van der Waals surface area contributed by atoms with E-state index in [2.05, 4.69) is 16.1 Å². The lowest BCUT2D eigenvalue weighted by molar-refractivity contribution is -0.117. The van der Waals surface area contributed by atoms with Crippen LogP contribution in [0.2, 0.25) is 0 Å². The van der Waals surface area contributed by atoms with Crippen LogP contribution in [0.5, 0.6) is 0 Å². The predicted molar refractivity (Wildman–Crippen MR) is 49.1 cm³/mol. The van der Waals surface area contributed by atoms with Gasteiger partial charge in [-0.1, -0.05) is 6.58 Å². The topological polar surface area (TPSA) is 75.6 Å². The largest absolute Gasteiger partial charge is 0.350 e. The molecule has 13 heavy (non-hydrogen) atoms.